The summed E-state index contributed by atoms with van der Waals surface area (Å²) in [4.78, 5) is 17.0. The summed E-state index contributed by atoms with van der Waals surface area (Å²) in [5, 5.41) is 5.92. The van der Waals surface area contributed by atoms with Crippen molar-refractivity contribution in [1.29, 1.82) is 0 Å². The van der Waals surface area contributed by atoms with E-state index in [-0.39, 0.29) is 6.03 Å². The summed E-state index contributed by atoms with van der Waals surface area (Å²) in [7, 11) is 1.98. The Kier molecular flexibility index (Phi) is 8.38. The number of morpholine rings is 1. The summed E-state index contributed by atoms with van der Waals surface area (Å²) >= 11 is 0. The van der Waals surface area contributed by atoms with Gasteiger partial charge in [-0.05, 0) is 42.0 Å². The van der Waals surface area contributed by atoms with E-state index in [0.717, 1.165) is 61.2 Å². The van der Waals surface area contributed by atoms with Crippen molar-refractivity contribution in [3.63, 3.8) is 0 Å². The molecule has 1 heterocycles. The first-order valence-corrected chi connectivity index (χ1v) is 11.6. The van der Waals surface area contributed by atoms with Crippen LogP contribution in [0.5, 0.6) is 5.75 Å². The largest absolute Gasteiger partial charge is 0.492 e. The van der Waals surface area contributed by atoms with Gasteiger partial charge in [-0.25, -0.2) is 4.79 Å². The van der Waals surface area contributed by atoms with Crippen LogP contribution in [0.1, 0.15) is 5.56 Å². The second-order valence-corrected chi connectivity index (χ2v) is 8.17. The predicted octanol–water partition coefficient (Wildman–Crippen LogP) is 4.49. The number of carbonyl (C=O) groups is 1. The molecule has 34 heavy (non-hydrogen) atoms. The number of nitrogens with zero attached hydrogens (tertiary/aromatic N) is 2. The molecule has 7 nitrogen and oxygen atoms in total. The summed E-state index contributed by atoms with van der Waals surface area (Å²) in [6, 6.07) is 25.4. The number of hydrogen-bond donors (Lipinski definition) is 2. The molecule has 0 unspecified atom stereocenters. The Morgan fingerprint density at radius 2 is 1.76 bits per heavy atom. The van der Waals surface area contributed by atoms with E-state index in [1.807, 2.05) is 90.8 Å². The Labute approximate surface area is 201 Å². The molecule has 7 heteroatoms. The molecule has 1 aliphatic heterocycles. The number of rotatable bonds is 9. The molecule has 0 saturated carbocycles. The number of urea groups is 1. The zero-order valence-electron chi connectivity index (χ0n) is 19.6. The van der Waals surface area contributed by atoms with E-state index in [1.165, 1.54) is 0 Å². The van der Waals surface area contributed by atoms with Crippen molar-refractivity contribution in [1.82, 2.24) is 10.2 Å². The molecular formula is C27H32N4O3. The van der Waals surface area contributed by atoms with Gasteiger partial charge in [0.25, 0.3) is 0 Å². The summed E-state index contributed by atoms with van der Waals surface area (Å²) in [6.07, 6.45) is 0. The van der Waals surface area contributed by atoms with Crippen molar-refractivity contribution in [3.05, 3.63) is 84.4 Å². The molecule has 2 N–H and O–H groups in total. The molecule has 178 valence electrons. The number of carbonyl (C=O) groups excluding carboxylic acids is 1. The number of para-hydroxylation sites is 3. The van der Waals surface area contributed by atoms with Crippen LogP contribution in [0.4, 0.5) is 21.9 Å². The maximum absolute atomic E-state index is 12.6. The van der Waals surface area contributed by atoms with E-state index in [2.05, 4.69) is 15.5 Å². The monoisotopic (exact) mass is 460 g/mol. The molecule has 3 aromatic rings. The van der Waals surface area contributed by atoms with Crippen LogP contribution >= 0.6 is 0 Å². The average molecular weight is 461 g/mol. The molecule has 0 atom stereocenters. The highest BCUT2D eigenvalue weighted by molar-refractivity contribution is 5.94. The molecule has 1 saturated heterocycles. The molecule has 0 aliphatic carbocycles. The number of benzene rings is 3. The van der Waals surface area contributed by atoms with Gasteiger partial charge in [-0.2, -0.15) is 0 Å². The first kappa shape index (κ1) is 23.6. The fraction of sp³-hybridized carbons (Fsp3) is 0.296. The van der Waals surface area contributed by atoms with Gasteiger partial charge in [-0.1, -0.05) is 42.5 Å². The number of amides is 2. The minimum atomic E-state index is -0.257. The van der Waals surface area contributed by atoms with Gasteiger partial charge >= 0.3 is 6.03 Å². The standard InChI is InChI=1S/C27H32N4O3/c1-30(23-9-3-2-4-10-23)26-13-6-5-12-25(26)29-27(32)28-21-22-8-7-11-24(20-22)34-19-16-31-14-17-33-18-15-31/h2-13,20H,14-19,21H2,1H3,(H2,28,29,32). The highest BCUT2D eigenvalue weighted by Crippen LogP contribution is 2.30. The van der Waals surface area contributed by atoms with Crippen LogP contribution < -0.4 is 20.3 Å². The zero-order valence-corrected chi connectivity index (χ0v) is 19.6. The van der Waals surface area contributed by atoms with E-state index in [1.54, 1.807) is 0 Å². The van der Waals surface area contributed by atoms with Gasteiger partial charge in [-0.3, -0.25) is 4.90 Å². The van der Waals surface area contributed by atoms with Gasteiger partial charge in [0.15, 0.2) is 0 Å². The minimum Gasteiger partial charge on any atom is -0.492 e. The van der Waals surface area contributed by atoms with Crippen LogP contribution in [0.3, 0.4) is 0 Å². The molecule has 1 aliphatic rings. The van der Waals surface area contributed by atoms with Gasteiger partial charge in [0.1, 0.15) is 12.4 Å². The van der Waals surface area contributed by atoms with Crippen molar-refractivity contribution in [2.75, 3.05) is 56.7 Å². The van der Waals surface area contributed by atoms with Crippen LogP contribution in [-0.2, 0) is 11.3 Å². The third kappa shape index (κ3) is 6.73. The Hall–Kier alpha value is -3.55. The van der Waals surface area contributed by atoms with Gasteiger partial charge < -0.3 is 25.0 Å². The van der Waals surface area contributed by atoms with Crippen molar-refractivity contribution in [3.8, 4) is 5.75 Å². The van der Waals surface area contributed by atoms with Gasteiger partial charge in [0, 0.05) is 38.9 Å². The van der Waals surface area contributed by atoms with Crippen LogP contribution in [0.2, 0.25) is 0 Å². The van der Waals surface area contributed by atoms with Crippen LogP contribution in [0, 0.1) is 0 Å². The van der Waals surface area contributed by atoms with Crippen molar-refractivity contribution in [2.24, 2.45) is 0 Å². The normalized spacial score (nSPS) is 13.8. The Morgan fingerprint density at radius 3 is 2.59 bits per heavy atom. The molecular weight excluding hydrogens is 428 g/mol. The second kappa shape index (κ2) is 12.1. The molecule has 4 rings (SSSR count). The SMILES string of the molecule is CN(c1ccccc1)c1ccccc1NC(=O)NCc1cccc(OCCN2CCOCC2)c1. The van der Waals surface area contributed by atoms with E-state index in [0.29, 0.717) is 13.2 Å². The zero-order chi connectivity index (χ0) is 23.6. The van der Waals surface area contributed by atoms with Crippen molar-refractivity contribution >= 4 is 23.1 Å². The molecule has 1 fully saturated rings. The lowest BCUT2D eigenvalue weighted by Gasteiger charge is -2.26. The minimum absolute atomic E-state index is 0.257. The van der Waals surface area contributed by atoms with Crippen molar-refractivity contribution < 1.29 is 14.3 Å². The maximum Gasteiger partial charge on any atom is 0.319 e. The highest BCUT2D eigenvalue weighted by atomic mass is 16.5. The first-order valence-electron chi connectivity index (χ1n) is 11.6. The van der Waals surface area contributed by atoms with Crippen molar-refractivity contribution in [2.45, 2.75) is 6.54 Å². The second-order valence-electron chi connectivity index (χ2n) is 8.17. The fourth-order valence-corrected chi connectivity index (χ4v) is 3.87. The maximum atomic E-state index is 12.6. The first-order chi connectivity index (χ1) is 16.7. The molecule has 0 bridgehead atoms. The van der Waals surface area contributed by atoms with Crippen LogP contribution in [-0.4, -0.2) is 57.4 Å². The van der Waals surface area contributed by atoms with E-state index in [4.69, 9.17) is 9.47 Å². The number of hydrogen-bond acceptors (Lipinski definition) is 5. The summed E-state index contributed by atoms with van der Waals surface area (Å²) in [5.41, 5.74) is 3.68. The molecule has 3 aromatic carbocycles. The smallest absolute Gasteiger partial charge is 0.319 e. The Morgan fingerprint density at radius 1 is 1.00 bits per heavy atom. The topological polar surface area (TPSA) is 66.1 Å². The van der Waals surface area contributed by atoms with Gasteiger partial charge in [0.05, 0.1) is 24.6 Å². The van der Waals surface area contributed by atoms with E-state index >= 15 is 0 Å². The van der Waals surface area contributed by atoms with Gasteiger partial charge in [0.2, 0.25) is 0 Å². The Bertz CT molecular complexity index is 1050. The lowest BCUT2D eigenvalue weighted by atomic mass is 10.2. The third-order valence-corrected chi connectivity index (χ3v) is 5.79. The third-order valence-electron chi connectivity index (χ3n) is 5.79. The summed E-state index contributed by atoms with van der Waals surface area (Å²) in [6.45, 7) is 5.39. The fourth-order valence-electron chi connectivity index (χ4n) is 3.87. The van der Waals surface area contributed by atoms with Crippen LogP contribution in [0.25, 0.3) is 0 Å². The number of ether oxygens (including phenoxy) is 2. The quantitative estimate of drug-likeness (QED) is 0.493. The Balaban J connectivity index is 1.29. The predicted molar refractivity (Wildman–Crippen MR) is 136 cm³/mol. The summed E-state index contributed by atoms with van der Waals surface area (Å²) in [5.74, 6) is 0.808. The molecule has 0 radical (unpaired) electrons. The van der Waals surface area contributed by atoms with Gasteiger partial charge in [-0.15, -0.1) is 0 Å². The van der Waals surface area contributed by atoms with E-state index < -0.39 is 0 Å². The molecule has 0 aromatic heterocycles. The highest BCUT2D eigenvalue weighted by Gasteiger charge is 2.12. The summed E-state index contributed by atoms with van der Waals surface area (Å²) < 4.78 is 11.3. The molecule has 0 spiro atoms. The lowest BCUT2D eigenvalue weighted by Crippen LogP contribution is -2.38. The van der Waals surface area contributed by atoms with Crippen LogP contribution in [0.15, 0.2) is 78.9 Å². The average Bonchev–Trinajstić information content (AvgIpc) is 2.89. The lowest BCUT2D eigenvalue weighted by molar-refractivity contribution is 0.0322. The molecule has 2 amide bonds. The number of nitrogens with one attached hydrogen (secondary N) is 2. The number of anilines is 3. The van der Waals surface area contributed by atoms with E-state index in [9.17, 15) is 4.79 Å².